The van der Waals surface area contributed by atoms with E-state index < -0.39 is 0 Å². The van der Waals surface area contributed by atoms with Gasteiger partial charge in [0.05, 0.1) is 36.6 Å². The standard InChI is InChI=1S/C21H23N3O4S/c1-13(2)24-20(26)15-7-5-6-8-16(15)23-21(24)29-12-19(25)22-17-10-9-14(27-3)11-18(17)28-4/h5-11,13H,12H2,1-4H3,(H,22,25). The van der Waals surface area contributed by atoms with E-state index in [1.807, 2.05) is 26.0 Å². The third-order valence-electron chi connectivity index (χ3n) is 4.31. The molecule has 29 heavy (non-hydrogen) atoms. The molecule has 0 saturated heterocycles. The highest BCUT2D eigenvalue weighted by atomic mass is 32.2. The number of para-hydroxylation sites is 1. The van der Waals surface area contributed by atoms with E-state index in [4.69, 9.17) is 9.47 Å². The van der Waals surface area contributed by atoms with E-state index in [0.29, 0.717) is 33.2 Å². The molecule has 0 fully saturated rings. The maximum atomic E-state index is 12.9. The molecule has 8 heteroatoms. The Morgan fingerprint density at radius 2 is 1.93 bits per heavy atom. The number of rotatable bonds is 7. The largest absolute Gasteiger partial charge is 0.497 e. The Labute approximate surface area is 173 Å². The molecule has 2 aromatic carbocycles. The zero-order valence-electron chi connectivity index (χ0n) is 16.8. The maximum Gasteiger partial charge on any atom is 0.262 e. The summed E-state index contributed by atoms with van der Waals surface area (Å²) in [6, 6.07) is 12.3. The average molecular weight is 413 g/mol. The van der Waals surface area contributed by atoms with Gasteiger partial charge in [-0.25, -0.2) is 4.98 Å². The quantitative estimate of drug-likeness (QED) is 0.470. The Morgan fingerprint density at radius 3 is 2.62 bits per heavy atom. The van der Waals surface area contributed by atoms with Crippen LogP contribution in [-0.4, -0.2) is 35.4 Å². The van der Waals surface area contributed by atoms with Crippen LogP contribution in [0.2, 0.25) is 0 Å². The van der Waals surface area contributed by atoms with Gasteiger partial charge in [-0.3, -0.25) is 14.2 Å². The van der Waals surface area contributed by atoms with Crippen LogP contribution >= 0.6 is 11.8 Å². The number of carbonyl (C=O) groups excluding carboxylic acids is 1. The molecule has 1 amide bonds. The van der Waals surface area contributed by atoms with Crippen molar-refractivity contribution in [2.45, 2.75) is 25.0 Å². The number of thioether (sulfide) groups is 1. The fourth-order valence-electron chi connectivity index (χ4n) is 2.90. The first-order chi connectivity index (χ1) is 13.9. The molecule has 0 aliphatic carbocycles. The number of nitrogens with one attached hydrogen (secondary N) is 1. The number of nitrogens with zero attached hydrogens (tertiary/aromatic N) is 2. The van der Waals surface area contributed by atoms with Gasteiger partial charge in [-0.05, 0) is 38.1 Å². The molecule has 0 spiro atoms. The Balaban J connectivity index is 1.81. The number of benzene rings is 2. The number of ether oxygens (including phenoxy) is 2. The molecule has 0 unspecified atom stereocenters. The van der Waals surface area contributed by atoms with Gasteiger partial charge in [0.2, 0.25) is 5.91 Å². The van der Waals surface area contributed by atoms with Gasteiger partial charge in [0, 0.05) is 12.1 Å². The smallest absolute Gasteiger partial charge is 0.262 e. The number of methoxy groups -OCH3 is 2. The number of fused-ring (bicyclic) bond motifs is 1. The van der Waals surface area contributed by atoms with Crippen LogP contribution in [0.25, 0.3) is 10.9 Å². The zero-order chi connectivity index (χ0) is 21.0. The van der Waals surface area contributed by atoms with E-state index in [9.17, 15) is 9.59 Å². The van der Waals surface area contributed by atoms with Crippen LogP contribution in [0.3, 0.4) is 0 Å². The second-order valence-electron chi connectivity index (χ2n) is 6.58. The lowest BCUT2D eigenvalue weighted by Crippen LogP contribution is -2.25. The number of anilines is 1. The lowest BCUT2D eigenvalue weighted by molar-refractivity contribution is -0.113. The van der Waals surface area contributed by atoms with Crippen LogP contribution in [-0.2, 0) is 4.79 Å². The molecule has 0 radical (unpaired) electrons. The summed E-state index contributed by atoms with van der Waals surface area (Å²) in [5.41, 5.74) is 1.06. The second-order valence-corrected chi connectivity index (χ2v) is 7.53. The number of amides is 1. The highest BCUT2D eigenvalue weighted by Crippen LogP contribution is 2.29. The molecule has 0 bridgehead atoms. The minimum Gasteiger partial charge on any atom is -0.497 e. The van der Waals surface area contributed by atoms with Crippen molar-refractivity contribution >= 4 is 34.3 Å². The van der Waals surface area contributed by atoms with E-state index in [1.165, 1.54) is 18.9 Å². The van der Waals surface area contributed by atoms with Crippen LogP contribution in [0.5, 0.6) is 11.5 Å². The fraction of sp³-hybridized carbons (Fsp3) is 0.286. The molecule has 1 aromatic heterocycles. The van der Waals surface area contributed by atoms with E-state index in [1.54, 1.807) is 42.0 Å². The van der Waals surface area contributed by atoms with Gasteiger partial charge in [0.1, 0.15) is 11.5 Å². The van der Waals surface area contributed by atoms with Gasteiger partial charge in [-0.15, -0.1) is 0 Å². The van der Waals surface area contributed by atoms with Crippen molar-refractivity contribution in [3.05, 3.63) is 52.8 Å². The summed E-state index contributed by atoms with van der Waals surface area (Å²) in [6.45, 7) is 3.84. The van der Waals surface area contributed by atoms with Gasteiger partial charge < -0.3 is 14.8 Å². The molecule has 0 aliphatic heterocycles. The molecule has 1 heterocycles. The van der Waals surface area contributed by atoms with Gasteiger partial charge in [0.15, 0.2) is 5.16 Å². The Morgan fingerprint density at radius 1 is 1.17 bits per heavy atom. The monoisotopic (exact) mass is 413 g/mol. The number of carbonyl (C=O) groups is 1. The van der Waals surface area contributed by atoms with Crippen molar-refractivity contribution < 1.29 is 14.3 Å². The van der Waals surface area contributed by atoms with E-state index >= 15 is 0 Å². The molecular formula is C21H23N3O4S. The third-order valence-corrected chi connectivity index (χ3v) is 5.26. The van der Waals surface area contributed by atoms with Crippen LogP contribution in [0.1, 0.15) is 19.9 Å². The van der Waals surface area contributed by atoms with Crippen LogP contribution in [0.15, 0.2) is 52.4 Å². The summed E-state index contributed by atoms with van der Waals surface area (Å²) < 4.78 is 12.1. The third kappa shape index (κ3) is 4.54. The van der Waals surface area contributed by atoms with Crippen molar-refractivity contribution in [3.63, 3.8) is 0 Å². The molecule has 7 nitrogen and oxygen atoms in total. The first-order valence-electron chi connectivity index (χ1n) is 9.10. The highest BCUT2D eigenvalue weighted by Gasteiger charge is 2.16. The summed E-state index contributed by atoms with van der Waals surface area (Å²) in [7, 11) is 3.09. The Bertz CT molecular complexity index is 1090. The SMILES string of the molecule is COc1ccc(NC(=O)CSc2nc3ccccc3c(=O)n2C(C)C)c(OC)c1. The minimum absolute atomic E-state index is 0.0770. The Kier molecular flexibility index (Phi) is 6.43. The molecule has 3 aromatic rings. The number of hydrogen-bond acceptors (Lipinski definition) is 6. The molecule has 1 N–H and O–H groups in total. The first kappa shape index (κ1) is 20.7. The number of hydrogen-bond donors (Lipinski definition) is 1. The molecule has 3 rings (SSSR count). The van der Waals surface area contributed by atoms with Crippen molar-refractivity contribution in [1.29, 1.82) is 0 Å². The van der Waals surface area contributed by atoms with Gasteiger partial charge in [-0.1, -0.05) is 23.9 Å². The van der Waals surface area contributed by atoms with Crippen LogP contribution < -0.4 is 20.3 Å². The molecule has 152 valence electrons. The molecular weight excluding hydrogens is 390 g/mol. The first-order valence-corrected chi connectivity index (χ1v) is 10.1. The van der Waals surface area contributed by atoms with Crippen molar-refractivity contribution in [3.8, 4) is 11.5 Å². The van der Waals surface area contributed by atoms with E-state index in [-0.39, 0.29) is 23.3 Å². The van der Waals surface area contributed by atoms with Crippen molar-refractivity contribution in [2.75, 3.05) is 25.3 Å². The predicted octanol–water partition coefficient (Wildman–Crippen LogP) is 3.73. The van der Waals surface area contributed by atoms with E-state index in [0.717, 1.165) is 0 Å². The zero-order valence-corrected chi connectivity index (χ0v) is 17.6. The lowest BCUT2D eigenvalue weighted by Gasteiger charge is -2.16. The van der Waals surface area contributed by atoms with Crippen molar-refractivity contribution in [1.82, 2.24) is 9.55 Å². The van der Waals surface area contributed by atoms with Crippen LogP contribution in [0.4, 0.5) is 5.69 Å². The summed E-state index contributed by atoms with van der Waals surface area (Å²) in [4.78, 5) is 30.0. The summed E-state index contributed by atoms with van der Waals surface area (Å²) in [5.74, 6) is 1.02. The molecule has 0 saturated carbocycles. The topological polar surface area (TPSA) is 82.5 Å². The predicted molar refractivity (Wildman–Crippen MR) is 115 cm³/mol. The van der Waals surface area contributed by atoms with Crippen molar-refractivity contribution in [2.24, 2.45) is 0 Å². The average Bonchev–Trinajstić information content (AvgIpc) is 2.72. The van der Waals surface area contributed by atoms with E-state index in [2.05, 4.69) is 10.3 Å². The second kappa shape index (κ2) is 9.00. The summed E-state index contributed by atoms with van der Waals surface area (Å²) in [5, 5.41) is 3.91. The normalized spacial score (nSPS) is 10.9. The fourth-order valence-corrected chi connectivity index (χ4v) is 3.83. The Hall–Kier alpha value is -3.00. The number of aromatic nitrogens is 2. The van der Waals surface area contributed by atoms with Gasteiger partial charge in [-0.2, -0.15) is 0 Å². The highest BCUT2D eigenvalue weighted by molar-refractivity contribution is 7.99. The van der Waals surface area contributed by atoms with Gasteiger partial charge >= 0.3 is 0 Å². The van der Waals surface area contributed by atoms with Gasteiger partial charge in [0.25, 0.3) is 5.56 Å². The minimum atomic E-state index is -0.226. The van der Waals surface area contributed by atoms with Crippen LogP contribution in [0, 0.1) is 0 Å². The molecule has 0 aliphatic rings. The maximum absolute atomic E-state index is 12.9. The summed E-state index contributed by atoms with van der Waals surface area (Å²) >= 11 is 1.23. The molecule has 0 atom stereocenters. The lowest BCUT2D eigenvalue weighted by atomic mass is 10.2. The summed E-state index contributed by atoms with van der Waals surface area (Å²) in [6.07, 6.45) is 0.